The number of nitrogens with one attached hydrogen (secondary N) is 1. The van der Waals surface area contributed by atoms with E-state index in [4.69, 9.17) is 10.7 Å². The van der Waals surface area contributed by atoms with Crippen LogP contribution in [0.5, 0.6) is 0 Å². The van der Waals surface area contributed by atoms with Crippen molar-refractivity contribution in [1.82, 2.24) is 19.5 Å². The Morgan fingerprint density at radius 3 is 2.76 bits per heavy atom. The van der Waals surface area contributed by atoms with Crippen LogP contribution in [0, 0.1) is 11.6 Å². The summed E-state index contributed by atoms with van der Waals surface area (Å²) in [5.41, 5.74) is 8.19. The number of halogens is 2. The quantitative estimate of drug-likeness (QED) is 0.555. The van der Waals surface area contributed by atoms with Gasteiger partial charge in [-0.3, -0.25) is 4.79 Å². The number of rotatable bonds is 4. The van der Waals surface area contributed by atoms with Gasteiger partial charge < -0.3 is 15.3 Å². The zero-order valence-electron chi connectivity index (χ0n) is 15.6. The lowest BCUT2D eigenvalue weighted by atomic mass is 9.85. The van der Waals surface area contributed by atoms with E-state index in [1.54, 1.807) is 6.20 Å². The van der Waals surface area contributed by atoms with Gasteiger partial charge in [0.15, 0.2) is 17.3 Å². The number of hydrogen-bond acceptors (Lipinski definition) is 4. The summed E-state index contributed by atoms with van der Waals surface area (Å²) in [6, 6.07) is 5.83. The maximum absolute atomic E-state index is 14.3. The molecule has 1 aromatic carbocycles. The highest BCUT2D eigenvalue weighted by Gasteiger charge is 2.27. The van der Waals surface area contributed by atoms with Crippen molar-refractivity contribution in [3.63, 3.8) is 0 Å². The molecule has 1 fully saturated rings. The minimum absolute atomic E-state index is 0.127. The first-order valence-electron chi connectivity index (χ1n) is 9.61. The molecule has 1 saturated carbocycles. The summed E-state index contributed by atoms with van der Waals surface area (Å²) in [5, 5.41) is 0.458. The van der Waals surface area contributed by atoms with Crippen LogP contribution in [-0.2, 0) is 13.1 Å². The Hall–Kier alpha value is -3.13. The number of fused-ring (bicyclic) bond motifs is 2. The number of aromatic nitrogens is 4. The van der Waals surface area contributed by atoms with E-state index >= 15 is 0 Å². The van der Waals surface area contributed by atoms with Gasteiger partial charge in [0.1, 0.15) is 11.3 Å². The number of hydrogen-bond donors (Lipinski definition) is 2. The molecule has 0 bridgehead atoms. The van der Waals surface area contributed by atoms with Crippen LogP contribution in [0.1, 0.15) is 42.1 Å². The van der Waals surface area contributed by atoms with Crippen LogP contribution in [0.3, 0.4) is 0 Å². The smallest absolute Gasteiger partial charge is 0.248 e. The summed E-state index contributed by atoms with van der Waals surface area (Å²) in [6.07, 6.45) is 4.91. The highest BCUT2D eigenvalue weighted by atomic mass is 19.2. The van der Waals surface area contributed by atoms with Gasteiger partial charge in [-0.25, -0.2) is 18.7 Å². The average Bonchev–Trinajstić information content (AvgIpc) is 3.01. The van der Waals surface area contributed by atoms with Gasteiger partial charge in [-0.15, -0.1) is 0 Å². The Balaban J connectivity index is 1.73. The number of aromatic amines is 1. The molecule has 29 heavy (non-hydrogen) atoms. The van der Waals surface area contributed by atoms with Crippen molar-refractivity contribution in [2.24, 2.45) is 5.73 Å². The van der Waals surface area contributed by atoms with E-state index in [9.17, 15) is 13.6 Å². The van der Waals surface area contributed by atoms with E-state index in [1.165, 1.54) is 12.1 Å². The lowest BCUT2D eigenvalue weighted by Gasteiger charge is -2.25. The second-order valence-corrected chi connectivity index (χ2v) is 7.47. The SMILES string of the molecule is NCc1ccnc2c1nc(C1CCC1)n2Cc1cc(=O)[nH]c2c(F)c(F)ccc12. The van der Waals surface area contributed by atoms with Crippen molar-refractivity contribution in [2.45, 2.75) is 38.3 Å². The van der Waals surface area contributed by atoms with Gasteiger partial charge >= 0.3 is 0 Å². The van der Waals surface area contributed by atoms with Crippen LogP contribution in [0.15, 0.2) is 35.3 Å². The fourth-order valence-corrected chi connectivity index (χ4v) is 4.02. The van der Waals surface area contributed by atoms with Crippen molar-refractivity contribution in [3.8, 4) is 0 Å². The van der Waals surface area contributed by atoms with E-state index < -0.39 is 17.2 Å². The molecule has 4 aromatic rings. The van der Waals surface area contributed by atoms with Crippen molar-refractivity contribution >= 4 is 22.1 Å². The van der Waals surface area contributed by atoms with Crippen LogP contribution in [-0.4, -0.2) is 19.5 Å². The maximum atomic E-state index is 14.3. The van der Waals surface area contributed by atoms with Gasteiger partial charge in [0, 0.05) is 30.1 Å². The second-order valence-electron chi connectivity index (χ2n) is 7.47. The van der Waals surface area contributed by atoms with Crippen molar-refractivity contribution in [3.05, 3.63) is 69.4 Å². The van der Waals surface area contributed by atoms with Gasteiger partial charge in [-0.2, -0.15) is 0 Å². The minimum Gasteiger partial charge on any atom is -0.326 e. The van der Waals surface area contributed by atoms with Gasteiger partial charge in [0.05, 0.1) is 12.1 Å². The lowest BCUT2D eigenvalue weighted by molar-refractivity contribution is 0.391. The topological polar surface area (TPSA) is 89.6 Å². The van der Waals surface area contributed by atoms with Crippen LogP contribution in [0.25, 0.3) is 22.1 Å². The molecule has 0 radical (unpaired) electrons. The number of nitrogens with two attached hydrogens (primary N) is 1. The molecule has 0 atom stereocenters. The molecule has 3 aromatic heterocycles. The number of nitrogens with zero attached hydrogens (tertiary/aromatic N) is 3. The third-order valence-electron chi connectivity index (χ3n) is 5.76. The largest absolute Gasteiger partial charge is 0.326 e. The van der Waals surface area contributed by atoms with E-state index in [1.807, 2.05) is 10.6 Å². The summed E-state index contributed by atoms with van der Waals surface area (Å²) < 4.78 is 29.9. The van der Waals surface area contributed by atoms with Gasteiger partial charge in [-0.1, -0.05) is 6.42 Å². The zero-order valence-corrected chi connectivity index (χ0v) is 15.6. The third-order valence-corrected chi connectivity index (χ3v) is 5.76. The van der Waals surface area contributed by atoms with Crippen LogP contribution in [0.2, 0.25) is 0 Å². The molecule has 0 amide bonds. The van der Waals surface area contributed by atoms with Crippen molar-refractivity contribution in [1.29, 1.82) is 0 Å². The fraction of sp³-hybridized carbons (Fsp3) is 0.286. The summed E-state index contributed by atoms with van der Waals surface area (Å²) >= 11 is 0. The number of imidazole rings is 1. The van der Waals surface area contributed by atoms with Crippen LogP contribution in [0.4, 0.5) is 8.78 Å². The molecule has 0 saturated heterocycles. The molecule has 5 rings (SSSR count). The minimum atomic E-state index is -1.06. The molecule has 3 heterocycles. The molecule has 8 heteroatoms. The fourth-order valence-electron chi connectivity index (χ4n) is 4.02. The van der Waals surface area contributed by atoms with E-state index in [0.717, 1.165) is 42.2 Å². The zero-order chi connectivity index (χ0) is 20.1. The molecular formula is C21H19F2N5O. The molecular weight excluding hydrogens is 376 g/mol. The number of H-pyrrole nitrogens is 1. The Morgan fingerprint density at radius 1 is 1.21 bits per heavy atom. The second kappa shape index (κ2) is 6.73. The first kappa shape index (κ1) is 17.9. The molecule has 1 aliphatic rings. The average molecular weight is 395 g/mol. The first-order valence-corrected chi connectivity index (χ1v) is 9.61. The van der Waals surface area contributed by atoms with Gasteiger partial charge in [0.25, 0.3) is 0 Å². The predicted octanol–water partition coefficient (Wildman–Crippen LogP) is 3.33. The molecule has 0 spiro atoms. The summed E-state index contributed by atoms with van der Waals surface area (Å²) in [5.74, 6) is -0.838. The number of benzene rings is 1. The maximum Gasteiger partial charge on any atom is 0.248 e. The van der Waals surface area contributed by atoms with E-state index in [-0.39, 0.29) is 12.1 Å². The van der Waals surface area contributed by atoms with Crippen molar-refractivity contribution in [2.75, 3.05) is 0 Å². The molecule has 1 aliphatic carbocycles. The van der Waals surface area contributed by atoms with Gasteiger partial charge in [-0.05, 0) is 42.2 Å². The summed E-state index contributed by atoms with van der Waals surface area (Å²) in [4.78, 5) is 23.9. The van der Waals surface area contributed by atoms with Crippen molar-refractivity contribution < 1.29 is 8.78 Å². The first-order chi connectivity index (χ1) is 14.1. The number of pyridine rings is 2. The Bertz CT molecular complexity index is 1310. The Morgan fingerprint density at radius 2 is 2.03 bits per heavy atom. The molecule has 0 unspecified atom stereocenters. The molecule has 0 aliphatic heterocycles. The normalized spacial score (nSPS) is 14.6. The van der Waals surface area contributed by atoms with Crippen LogP contribution < -0.4 is 11.3 Å². The Labute approximate surface area is 164 Å². The molecule has 6 nitrogen and oxygen atoms in total. The predicted molar refractivity (Wildman–Crippen MR) is 106 cm³/mol. The summed E-state index contributed by atoms with van der Waals surface area (Å²) in [6.45, 7) is 0.632. The third kappa shape index (κ3) is 2.82. The summed E-state index contributed by atoms with van der Waals surface area (Å²) in [7, 11) is 0. The van der Waals surface area contributed by atoms with E-state index in [0.29, 0.717) is 29.1 Å². The van der Waals surface area contributed by atoms with Gasteiger partial charge in [0.2, 0.25) is 5.56 Å². The highest BCUT2D eigenvalue weighted by Crippen LogP contribution is 2.38. The lowest BCUT2D eigenvalue weighted by Crippen LogP contribution is -2.17. The monoisotopic (exact) mass is 395 g/mol. The molecule has 3 N–H and O–H groups in total. The highest BCUT2D eigenvalue weighted by molar-refractivity contribution is 5.83. The molecule has 148 valence electrons. The Kier molecular flexibility index (Phi) is 4.16. The van der Waals surface area contributed by atoms with E-state index in [2.05, 4.69) is 9.97 Å². The van der Waals surface area contributed by atoms with Crippen LogP contribution >= 0.6 is 0 Å². The standard InChI is InChI=1S/C21H19F2N5O/c22-15-5-4-14-13(8-16(29)26-19(14)17(15)23)10-28-20(11-2-1-3-11)27-18-12(9-24)6-7-25-21(18)28/h4-8,11H,1-3,9-10,24H2,(H,26,29).